The monoisotopic (exact) mass is 361 g/mol. The summed E-state index contributed by atoms with van der Waals surface area (Å²) in [7, 11) is 0. The molecule has 0 aliphatic heterocycles. The molecule has 0 fully saturated rings. The minimum absolute atomic E-state index is 0.201. The summed E-state index contributed by atoms with van der Waals surface area (Å²) in [6, 6.07) is 10.5. The Morgan fingerprint density at radius 1 is 1.00 bits per heavy atom. The quantitative estimate of drug-likeness (QED) is 0.814. The molecule has 2 N–H and O–H groups in total. The summed E-state index contributed by atoms with van der Waals surface area (Å²) in [5.74, 6) is 0.120. The third-order valence-corrected chi connectivity index (χ3v) is 3.34. The van der Waals surface area contributed by atoms with Gasteiger partial charge in [0.05, 0.1) is 0 Å². The van der Waals surface area contributed by atoms with E-state index < -0.39 is 6.36 Å². The molecule has 0 saturated heterocycles. The molecule has 21 heavy (non-hydrogen) atoms. The van der Waals surface area contributed by atoms with Gasteiger partial charge in [0.2, 0.25) is 0 Å². The van der Waals surface area contributed by atoms with Crippen LogP contribution in [0.2, 0.25) is 0 Å². The van der Waals surface area contributed by atoms with Gasteiger partial charge >= 0.3 is 6.36 Å². The van der Waals surface area contributed by atoms with Crippen molar-refractivity contribution in [1.82, 2.24) is 0 Å². The Labute approximate surface area is 127 Å². The second-order valence-electron chi connectivity index (χ2n) is 4.12. The molecule has 7 heteroatoms. The molecule has 0 bridgehead atoms. The molecule has 2 rings (SSSR count). The summed E-state index contributed by atoms with van der Waals surface area (Å²) in [6.07, 6.45) is -4.70. The first-order chi connectivity index (χ1) is 9.85. The maximum Gasteiger partial charge on any atom is 0.573 e. The molecule has 0 amide bonds. The lowest BCUT2D eigenvalue weighted by atomic mass is 10.2. The minimum Gasteiger partial charge on any atom is -0.489 e. The van der Waals surface area contributed by atoms with Gasteiger partial charge in [-0.15, -0.1) is 13.2 Å². The first-order valence-corrected chi connectivity index (χ1v) is 6.66. The van der Waals surface area contributed by atoms with Gasteiger partial charge in [-0.2, -0.15) is 0 Å². The Morgan fingerprint density at radius 3 is 2.19 bits per heavy atom. The van der Waals surface area contributed by atoms with E-state index in [1.54, 1.807) is 12.1 Å². The summed E-state index contributed by atoms with van der Waals surface area (Å²) in [5, 5.41) is 0. The van der Waals surface area contributed by atoms with Crippen LogP contribution in [0.4, 0.5) is 18.9 Å². The van der Waals surface area contributed by atoms with Crippen LogP contribution in [0.5, 0.6) is 11.5 Å². The number of nitrogens with two attached hydrogens (primary N) is 1. The highest BCUT2D eigenvalue weighted by Gasteiger charge is 2.30. The normalized spacial score (nSPS) is 11.2. The van der Waals surface area contributed by atoms with Gasteiger partial charge in [-0.25, -0.2) is 0 Å². The van der Waals surface area contributed by atoms with Gasteiger partial charge in [0.1, 0.15) is 18.1 Å². The zero-order valence-corrected chi connectivity index (χ0v) is 12.2. The molecule has 0 atom stereocenters. The van der Waals surface area contributed by atoms with E-state index in [0.29, 0.717) is 11.4 Å². The standard InChI is InChI=1S/C14H11BrF3NO2/c15-12-2-1-3-13(19)11(12)8-20-9-4-6-10(7-5-9)21-14(16,17)18/h1-7H,8,19H2. The van der Waals surface area contributed by atoms with E-state index in [-0.39, 0.29) is 12.4 Å². The number of nitrogen functional groups attached to an aromatic ring is 1. The molecule has 2 aromatic carbocycles. The molecule has 0 saturated carbocycles. The fourth-order valence-corrected chi connectivity index (χ4v) is 2.12. The van der Waals surface area contributed by atoms with Crippen LogP contribution in [-0.4, -0.2) is 6.36 Å². The average Bonchev–Trinajstić information content (AvgIpc) is 2.38. The molecule has 3 nitrogen and oxygen atoms in total. The lowest BCUT2D eigenvalue weighted by Gasteiger charge is -2.12. The maximum absolute atomic E-state index is 12.0. The number of alkyl halides is 3. The average molecular weight is 362 g/mol. The van der Waals surface area contributed by atoms with Gasteiger partial charge in [0.15, 0.2) is 0 Å². The highest BCUT2D eigenvalue weighted by atomic mass is 79.9. The van der Waals surface area contributed by atoms with E-state index in [2.05, 4.69) is 20.7 Å². The predicted octanol–water partition coefficient (Wildman–Crippen LogP) is 4.51. The number of ether oxygens (including phenoxy) is 2. The number of anilines is 1. The molecule has 112 valence electrons. The minimum atomic E-state index is -4.70. The Hall–Kier alpha value is -1.89. The zero-order chi connectivity index (χ0) is 15.5. The van der Waals surface area contributed by atoms with Crippen molar-refractivity contribution in [3.05, 3.63) is 52.5 Å². The Morgan fingerprint density at radius 2 is 1.62 bits per heavy atom. The van der Waals surface area contributed by atoms with Crippen LogP contribution >= 0.6 is 15.9 Å². The Bertz CT molecular complexity index is 594. The molecule has 0 aromatic heterocycles. The summed E-state index contributed by atoms with van der Waals surface area (Å²) in [5.41, 5.74) is 7.17. The van der Waals surface area contributed by atoms with Crippen molar-refractivity contribution in [1.29, 1.82) is 0 Å². The maximum atomic E-state index is 12.0. The van der Waals surface area contributed by atoms with Crippen LogP contribution in [0.15, 0.2) is 46.9 Å². The molecule has 2 aromatic rings. The van der Waals surface area contributed by atoms with Crippen molar-refractivity contribution in [2.24, 2.45) is 0 Å². The number of hydrogen-bond donors (Lipinski definition) is 1. The van der Waals surface area contributed by atoms with E-state index >= 15 is 0 Å². The van der Waals surface area contributed by atoms with Crippen molar-refractivity contribution in [3.8, 4) is 11.5 Å². The molecule has 0 radical (unpaired) electrons. The number of rotatable bonds is 4. The Kier molecular flexibility index (Phi) is 4.62. The van der Waals surface area contributed by atoms with Gasteiger partial charge in [0, 0.05) is 15.7 Å². The lowest BCUT2D eigenvalue weighted by molar-refractivity contribution is -0.274. The van der Waals surface area contributed by atoms with E-state index in [9.17, 15) is 13.2 Å². The number of halogens is 4. The molecule has 0 heterocycles. The second kappa shape index (κ2) is 6.26. The third-order valence-electron chi connectivity index (χ3n) is 2.60. The molecule has 0 spiro atoms. The highest BCUT2D eigenvalue weighted by molar-refractivity contribution is 9.10. The topological polar surface area (TPSA) is 44.5 Å². The number of hydrogen-bond acceptors (Lipinski definition) is 3. The van der Waals surface area contributed by atoms with E-state index in [1.807, 2.05) is 6.07 Å². The van der Waals surface area contributed by atoms with E-state index in [4.69, 9.17) is 10.5 Å². The first-order valence-electron chi connectivity index (χ1n) is 5.86. The largest absolute Gasteiger partial charge is 0.573 e. The van der Waals surface area contributed by atoms with Crippen LogP contribution < -0.4 is 15.2 Å². The predicted molar refractivity (Wildman–Crippen MR) is 76.0 cm³/mol. The third kappa shape index (κ3) is 4.56. The van der Waals surface area contributed by atoms with Crippen LogP contribution in [-0.2, 0) is 6.61 Å². The van der Waals surface area contributed by atoms with Crippen LogP contribution in [0.1, 0.15) is 5.56 Å². The molecular formula is C14H11BrF3NO2. The SMILES string of the molecule is Nc1cccc(Br)c1COc1ccc(OC(F)(F)F)cc1. The summed E-state index contributed by atoms with van der Waals surface area (Å²) >= 11 is 3.36. The van der Waals surface area contributed by atoms with Crippen LogP contribution in [0, 0.1) is 0 Å². The van der Waals surface area contributed by atoms with Crippen molar-refractivity contribution in [2.45, 2.75) is 13.0 Å². The van der Waals surface area contributed by atoms with Crippen molar-refractivity contribution < 1.29 is 22.6 Å². The summed E-state index contributed by atoms with van der Waals surface area (Å²) in [6.45, 7) is 0.201. The van der Waals surface area contributed by atoms with Crippen molar-refractivity contribution in [3.63, 3.8) is 0 Å². The fraction of sp³-hybridized carbons (Fsp3) is 0.143. The molecule has 0 unspecified atom stereocenters. The van der Waals surface area contributed by atoms with Crippen molar-refractivity contribution >= 4 is 21.6 Å². The fourth-order valence-electron chi connectivity index (χ4n) is 1.62. The summed E-state index contributed by atoms with van der Waals surface area (Å²) in [4.78, 5) is 0. The summed E-state index contributed by atoms with van der Waals surface area (Å²) < 4.78 is 46.2. The van der Waals surface area contributed by atoms with Gasteiger partial charge in [-0.1, -0.05) is 22.0 Å². The second-order valence-corrected chi connectivity index (χ2v) is 4.97. The first kappa shape index (κ1) is 15.5. The van der Waals surface area contributed by atoms with Gasteiger partial charge in [0.25, 0.3) is 0 Å². The van der Waals surface area contributed by atoms with Crippen LogP contribution in [0.3, 0.4) is 0 Å². The zero-order valence-electron chi connectivity index (χ0n) is 10.7. The van der Waals surface area contributed by atoms with Crippen LogP contribution in [0.25, 0.3) is 0 Å². The molecule has 0 aliphatic rings. The molecule has 0 aliphatic carbocycles. The lowest BCUT2D eigenvalue weighted by Crippen LogP contribution is -2.16. The Balaban J connectivity index is 2.01. The van der Waals surface area contributed by atoms with Gasteiger partial charge in [-0.05, 0) is 36.4 Å². The molecular weight excluding hydrogens is 351 g/mol. The van der Waals surface area contributed by atoms with E-state index in [1.165, 1.54) is 24.3 Å². The highest BCUT2D eigenvalue weighted by Crippen LogP contribution is 2.27. The number of benzene rings is 2. The van der Waals surface area contributed by atoms with Gasteiger partial charge in [-0.3, -0.25) is 0 Å². The van der Waals surface area contributed by atoms with Gasteiger partial charge < -0.3 is 15.2 Å². The van der Waals surface area contributed by atoms with E-state index in [0.717, 1.165) is 10.0 Å². The smallest absolute Gasteiger partial charge is 0.489 e. The van der Waals surface area contributed by atoms with Crippen molar-refractivity contribution in [2.75, 3.05) is 5.73 Å².